The predicted molar refractivity (Wildman–Crippen MR) is 89.3 cm³/mol. The van der Waals surface area contributed by atoms with Crippen LogP contribution in [-0.4, -0.2) is 31.7 Å². The summed E-state index contributed by atoms with van der Waals surface area (Å²) in [5.74, 6) is -0.0676. The lowest BCUT2D eigenvalue weighted by atomic mass is 10.1. The standard InChI is InChI=1S/C14H18ClIN2O2/c15-12-9-10(16)1-2-13(12)18-14(19)5-8-20-11-3-6-17-7-4-11/h1-2,9,11,17H,3-8H2,(H,18,19). The lowest BCUT2D eigenvalue weighted by molar-refractivity contribution is -0.117. The average Bonchev–Trinajstić information content (AvgIpc) is 2.43. The largest absolute Gasteiger partial charge is 0.378 e. The lowest BCUT2D eigenvalue weighted by Gasteiger charge is -2.22. The molecule has 1 aliphatic heterocycles. The third-order valence-corrected chi connectivity index (χ3v) is 4.16. The van der Waals surface area contributed by atoms with Crippen molar-refractivity contribution in [2.45, 2.75) is 25.4 Å². The van der Waals surface area contributed by atoms with Crippen molar-refractivity contribution in [3.8, 4) is 0 Å². The summed E-state index contributed by atoms with van der Waals surface area (Å²) < 4.78 is 6.75. The zero-order chi connectivity index (χ0) is 14.4. The number of anilines is 1. The van der Waals surface area contributed by atoms with Gasteiger partial charge in [0.05, 0.1) is 29.8 Å². The molecule has 6 heteroatoms. The minimum atomic E-state index is -0.0676. The Labute approximate surface area is 137 Å². The number of piperidine rings is 1. The third kappa shape index (κ3) is 5.20. The van der Waals surface area contributed by atoms with Crippen LogP contribution < -0.4 is 10.6 Å². The van der Waals surface area contributed by atoms with Crippen molar-refractivity contribution in [1.82, 2.24) is 5.32 Å². The summed E-state index contributed by atoms with van der Waals surface area (Å²) in [6.45, 7) is 2.45. The van der Waals surface area contributed by atoms with E-state index in [1.807, 2.05) is 18.2 Å². The second-order valence-electron chi connectivity index (χ2n) is 4.74. The van der Waals surface area contributed by atoms with E-state index in [9.17, 15) is 4.79 Å². The molecule has 0 bridgehead atoms. The van der Waals surface area contributed by atoms with Gasteiger partial charge in [-0.1, -0.05) is 11.6 Å². The zero-order valence-corrected chi connectivity index (χ0v) is 14.0. The van der Waals surface area contributed by atoms with Crippen molar-refractivity contribution >= 4 is 45.8 Å². The number of carbonyl (C=O) groups excluding carboxylic acids is 1. The van der Waals surface area contributed by atoms with E-state index < -0.39 is 0 Å². The molecule has 1 aromatic rings. The van der Waals surface area contributed by atoms with Crippen LogP contribution in [0.15, 0.2) is 18.2 Å². The molecule has 1 heterocycles. The van der Waals surface area contributed by atoms with Crippen LogP contribution in [0.25, 0.3) is 0 Å². The van der Waals surface area contributed by atoms with E-state index in [2.05, 4.69) is 33.2 Å². The minimum absolute atomic E-state index is 0.0676. The van der Waals surface area contributed by atoms with Gasteiger partial charge in [0.2, 0.25) is 5.91 Å². The fraction of sp³-hybridized carbons (Fsp3) is 0.500. The Hall–Kier alpha value is -0.370. The molecular formula is C14H18ClIN2O2. The Morgan fingerprint density at radius 1 is 1.45 bits per heavy atom. The molecule has 20 heavy (non-hydrogen) atoms. The predicted octanol–water partition coefficient (Wildman–Crippen LogP) is 3.04. The van der Waals surface area contributed by atoms with Gasteiger partial charge in [-0.05, 0) is 66.7 Å². The number of amides is 1. The van der Waals surface area contributed by atoms with E-state index >= 15 is 0 Å². The SMILES string of the molecule is O=C(CCOC1CCNCC1)Nc1ccc(I)cc1Cl. The van der Waals surface area contributed by atoms with Gasteiger partial charge < -0.3 is 15.4 Å². The second-order valence-corrected chi connectivity index (χ2v) is 6.40. The fourth-order valence-corrected chi connectivity index (χ4v) is 2.99. The van der Waals surface area contributed by atoms with Gasteiger partial charge in [0.1, 0.15) is 0 Å². The highest BCUT2D eigenvalue weighted by molar-refractivity contribution is 14.1. The Morgan fingerprint density at radius 2 is 2.20 bits per heavy atom. The number of carbonyl (C=O) groups is 1. The highest BCUT2D eigenvalue weighted by atomic mass is 127. The number of hydrogen-bond donors (Lipinski definition) is 2. The average molecular weight is 409 g/mol. The van der Waals surface area contributed by atoms with E-state index in [0.717, 1.165) is 29.5 Å². The number of hydrogen-bond acceptors (Lipinski definition) is 3. The molecule has 110 valence electrons. The molecule has 0 aliphatic carbocycles. The Balaban J connectivity index is 1.72. The van der Waals surface area contributed by atoms with E-state index in [4.69, 9.17) is 16.3 Å². The van der Waals surface area contributed by atoms with Gasteiger partial charge in [0.25, 0.3) is 0 Å². The summed E-state index contributed by atoms with van der Waals surface area (Å²) in [6.07, 6.45) is 2.67. The molecule has 0 radical (unpaired) electrons. The minimum Gasteiger partial charge on any atom is -0.378 e. The number of rotatable bonds is 5. The van der Waals surface area contributed by atoms with Crippen molar-refractivity contribution < 1.29 is 9.53 Å². The van der Waals surface area contributed by atoms with Crippen LogP contribution >= 0.6 is 34.2 Å². The Kier molecular flexibility index (Phi) is 6.54. The van der Waals surface area contributed by atoms with Gasteiger partial charge in [0.15, 0.2) is 0 Å². The molecule has 2 rings (SSSR count). The van der Waals surface area contributed by atoms with Crippen LogP contribution in [0.1, 0.15) is 19.3 Å². The second kappa shape index (κ2) is 8.17. The Morgan fingerprint density at radius 3 is 2.90 bits per heavy atom. The summed E-state index contributed by atoms with van der Waals surface area (Å²) in [5.41, 5.74) is 0.652. The molecule has 0 spiro atoms. The van der Waals surface area contributed by atoms with Gasteiger partial charge >= 0.3 is 0 Å². The topological polar surface area (TPSA) is 50.4 Å². The van der Waals surface area contributed by atoms with Crippen LogP contribution in [0.2, 0.25) is 5.02 Å². The van der Waals surface area contributed by atoms with Crippen LogP contribution in [-0.2, 0) is 9.53 Å². The first-order chi connectivity index (χ1) is 9.65. The molecule has 1 amide bonds. The van der Waals surface area contributed by atoms with Crippen molar-refractivity contribution in [1.29, 1.82) is 0 Å². The van der Waals surface area contributed by atoms with Crippen LogP contribution in [0.4, 0.5) is 5.69 Å². The highest BCUT2D eigenvalue weighted by Crippen LogP contribution is 2.23. The lowest BCUT2D eigenvalue weighted by Crippen LogP contribution is -2.33. The monoisotopic (exact) mass is 408 g/mol. The first kappa shape index (κ1) is 16.0. The summed E-state index contributed by atoms with van der Waals surface area (Å²) in [6, 6.07) is 5.55. The fourth-order valence-electron chi connectivity index (χ4n) is 2.08. The Bertz CT molecular complexity index is 464. The van der Waals surface area contributed by atoms with Gasteiger partial charge in [-0.2, -0.15) is 0 Å². The maximum Gasteiger partial charge on any atom is 0.226 e. The summed E-state index contributed by atoms with van der Waals surface area (Å²) in [5, 5.41) is 6.65. The van der Waals surface area contributed by atoms with Gasteiger partial charge in [-0.15, -0.1) is 0 Å². The van der Waals surface area contributed by atoms with Crippen molar-refractivity contribution in [2.75, 3.05) is 25.0 Å². The van der Waals surface area contributed by atoms with Crippen LogP contribution in [0, 0.1) is 3.57 Å². The van der Waals surface area contributed by atoms with Gasteiger partial charge in [-0.3, -0.25) is 4.79 Å². The number of halogens is 2. The van der Waals surface area contributed by atoms with Crippen molar-refractivity contribution in [3.63, 3.8) is 0 Å². The van der Waals surface area contributed by atoms with E-state index in [-0.39, 0.29) is 12.0 Å². The van der Waals surface area contributed by atoms with Crippen molar-refractivity contribution in [3.05, 3.63) is 26.8 Å². The molecule has 0 aromatic heterocycles. The summed E-state index contributed by atoms with van der Waals surface area (Å²) in [4.78, 5) is 11.8. The molecule has 1 aliphatic rings. The van der Waals surface area contributed by atoms with Gasteiger partial charge in [0, 0.05) is 3.57 Å². The molecule has 1 fully saturated rings. The zero-order valence-electron chi connectivity index (χ0n) is 11.1. The van der Waals surface area contributed by atoms with E-state index in [0.29, 0.717) is 23.7 Å². The normalized spacial score (nSPS) is 16.1. The first-order valence-electron chi connectivity index (χ1n) is 6.72. The highest BCUT2D eigenvalue weighted by Gasteiger charge is 2.14. The molecule has 2 N–H and O–H groups in total. The third-order valence-electron chi connectivity index (χ3n) is 3.17. The maximum absolute atomic E-state index is 11.8. The van der Waals surface area contributed by atoms with Crippen LogP contribution in [0.3, 0.4) is 0 Å². The maximum atomic E-state index is 11.8. The van der Waals surface area contributed by atoms with Crippen molar-refractivity contribution in [2.24, 2.45) is 0 Å². The number of nitrogens with one attached hydrogen (secondary N) is 2. The molecule has 0 atom stereocenters. The van der Waals surface area contributed by atoms with Gasteiger partial charge in [-0.25, -0.2) is 0 Å². The summed E-state index contributed by atoms with van der Waals surface area (Å²) in [7, 11) is 0. The van der Waals surface area contributed by atoms with E-state index in [1.54, 1.807) is 0 Å². The smallest absolute Gasteiger partial charge is 0.226 e. The molecule has 0 saturated carbocycles. The number of benzene rings is 1. The molecule has 0 unspecified atom stereocenters. The molecule has 1 saturated heterocycles. The van der Waals surface area contributed by atoms with E-state index in [1.165, 1.54) is 0 Å². The number of ether oxygens (including phenoxy) is 1. The summed E-state index contributed by atoms with van der Waals surface area (Å²) >= 11 is 8.25. The first-order valence-corrected chi connectivity index (χ1v) is 8.18. The molecule has 4 nitrogen and oxygen atoms in total. The molecule has 1 aromatic carbocycles. The quantitative estimate of drug-likeness (QED) is 0.736. The van der Waals surface area contributed by atoms with Crippen LogP contribution in [0.5, 0.6) is 0 Å². The molecular weight excluding hydrogens is 391 g/mol.